The number of nitrogens with zero attached hydrogens (tertiary/aromatic N) is 1. The van der Waals surface area contributed by atoms with Gasteiger partial charge in [0.25, 0.3) is 0 Å². The van der Waals surface area contributed by atoms with Crippen molar-refractivity contribution in [3.63, 3.8) is 0 Å². The predicted molar refractivity (Wildman–Crippen MR) is 163 cm³/mol. The topological polar surface area (TPSA) is 38.4 Å². The number of benzene rings is 5. The molecule has 2 nitrogen and oxygen atoms in total. The molecule has 5 aromatic carbocycles. The van der Waals surface area contributed by atoms with Gasteiger partial charge in [0.2, 0.25) is 0 Å². The quantitative estimate of drug-likeness (QED) is 0.170. The molecule has 0 spiro atoms. The van der Waals surface area contributed by atoms with Crippen LogP contribution in [0.15, 0.2) is 145 Å². The van der Waals surface area contributed by atoms with Crippen LogP contribution >= 0.6 is 0 Å². The van der Waals surface area contributed by atoms with Crippen LogP contribution in [0.5, 0.6) is 0 Å². The summed E-state index contributed by atoms with van der Waals surface area (Å²) in [4.78, 5) is 5.20. The smallest absolute Gasteiger partial charge is 0.0792 e. The Bertz CT molecular complexity index is 1510. The predicted octanol–water partition coefficient (Wildman–Crippen LogP) is 9.26. The Kier molecular flexibility index (Phi) is 7.61. The Morgan fingerprint density at radius 3 is 1.61 bits per heavy atom. The molecular weight excluding hydrogens is 460 g/mol. The number of nitrogens with two attached hydrogens (primary N) is 1. The SMILES string of the molecule is C=C(CC(N=C(C)c1ccc(-c2ccc(N)cc2)cc1)c1ccccc1)c1ccc(-c2ccccc2)cc1. The lowest BCUT2D eigenvalue weighted by Crippen LogP contribution is -2.03. The zero-order valence-corrected chi connectivity index (χ0v) is 21.7. The maximum absolute atomic E-state index is 5.84. The van der Waals surface area contributed by atoms with E-state index >= 15 is 0 Å². The average molecular weight is 493 g/mol. The molecule has 0 aliphatic carbocycles. The molecule has 1 atom stereocenters. The van der Waals surface area contributed by atoms with Gasteiger partial charge in [0.05, 0.1) is 6.04 Å². The second-order valence-corrected chi connectivity index (χ2v) is 9.59. The summed E-state index contributed by atoms with van der Waals surface area (Å²) in [5.41, 5.74) is 16.9. The van der Waals surface area contributed by atoms with Gasteiger partial charge < -0.3 is 5.73 Å². The molecule has 0 amide bonds. The highest BCUT2D eigenvalue weighted by Crippen LogP contribution is 2.31. The van der Waals surface area contributed by atoms with Crippen molar-refractivity contribution < 1.29 is 0 Å². The molecule has 0 aliphatic rings. The van der Waals surface area contributed by atoms with E-state index in [-0.39, 0.29) is 6.04 Å². The Balaban J connectivity index is 1.37. The van der Waals surface area contributed by atoms with Gasteiger partial charge in [-0.15, -0.1) is 0 Å². The Morgan fingerprint density at radius 1 is 0.605 bits per heavy atom. The monoisotopic (exact) mass is 492 g/mol. The highest BCUT2D eigenvalue weighted by atomic mass is 14.8. The fourth-order valence-electron chi connectivity index (χ4n) is 4.68. The van der Waals surface area contributed by atoms with Crippen LogP contribution in [0.25, 0.3) is 27.8 Å². The molecule has 2 N–H and O–H groups in total. The van der Waals surface area contributed by atoms with Crippen molar-refractivity contribution in [2.75, 3.05) is 5.73 Å². The van der Waals surface area contributed by atoms with Crippen LogP contribution in [0.1, 0.15) is 36.1 Å². The van der Waals surface area contributed by atoms with E-state index in [0.717, 1.165) is 45.6 Å². The van der Waals surface area contributed by atoms with Gasteiger partial charge in [-0.2, -0.15) is 0 Å². The molecule has 0 aliphatic heterocycles. The summed E-state index contributed by atoms with van der Waals surface area (Å²) in [6.45, 7) is 6.53. The fraction of sp³-hybridized carbons (Fsp3) is 0.0833. The second kappa shape index (κ2) is 11.6. The van der Waals surface area contributed by atoms with Gasteiger partial charge in [-0.1, -0.05) is 128 Å². The molecule has 186 valence electrons. The van der Waals surface area contributed by atoms with Crippen LogP contribution in [0.4, 0.5) is 5.69 Å². The molecule has 5 aromatic rings. The summed E-state index contributed by atoms with van der Waals surface area (Å²) >= 11 is 0. The number of hydrogen-bond acceptors (Lipinski definition) is 2. The lowest BCUT2D eigenvalue weighted by Gasteiger charge is -2.17. The molecule has 0 heterocycles. The maximum Gasteiger partial charge on any atom is 0.0792 e. The van der Waals surface area contributed by atoms with E-state index in [1.54, 1.807) is 0 Å². The first-order valence-corrected chi connectivity index (χ1v) is 13.0. The van der Waals surface area contributed by atoms with Crippen molar-refractivity contribution in [3.05, 3.63) is 157 Å². The molecule has 0 saturated carbocycles. The standard InChI is InChI=1S/C36H32N2/c1-26(28-13-17-31(18-14-28)30-9-5-3-6-10-30)25-36(34-11-7-4-8-12-34)38-27(2)29-15-19-32(20-16-29)33-21-23-35(37)24-22-33/h3-24,36H,1,25,37H2,2H3. The molecule has 2 heteroatoms. The summed E-state index contributed by atoms with van der Waals surface area (Å²) < 4.78 is 0. The Labute approximate surface area is 225 Å². The Hall–Kier alpha value is -4.69. The van der Waals surface area contributed by atoms with Gasteiger partial charge in [0.15, 0.2) is 0 Å². The molecular formula is C36H32N2. The van der Waals surface area contributed by atoms with E-state index < -0.39 is 0 Å². The van der Waals surface area contributed by atoms with Gasteiger partial charge >= 0.3 is 0 Å². The minimum atomic E-state index is -0.0192. The van der Waals surface area contributed by atoms with E-state index in [0.29, 0.717) is 0 Å². The largest absolute Gasteiger partial charge is 0.399 e. The molecule has 5 rings (SSSR count). The van der Waals surface area contributed by atoms with Crippen molar-refractivity contribution >= 4 is 17.0 Å². The average Bonchev–Trinajstić information content (AvgIpc) is 2.98. The number of anilines is 1. The van der Waals surface area contributed by atoms with Crippen LogP contribution in [0.2, 0.25) is 0 Å². The normalized spacial score (nSPS) is 12.2. The summed E-state index contributed by atoms with van der Waals surface area (Å²) in [6, 6.07) is 46.1. The van der Waals surface area contributed by atoms with Crippen LogP contribution in [-0.4, -0.2) is 5.71 Å². The molecule has 0 radical (unpaired) electrons. The van der Waals surface area contributed by atoms with E-state index in [4.69, 9.17) is 10.7 Å². The van der Waals surface area contributed by atoms with Crippen LogP contribution < -0.4 is 5.73 Å². The third kappa shape index (κ3) is 5.99. The van der Waals surface area contributed by atoms with Crippen molar-refractivity contribution in [1.29, 1.82) is 0 Å². The number of hydrogen-bond donors (Lipinski definition) is 1. The van der Waals surface area contributed by atoms with E-state index in [1.807, 2.05) is 24.3 Å². The summed E-state index contributed by atoms with van der Waals surface area (Å²) in [6.07, 6.45) is 0.746. The van der Waals surface area contributed by atoms with Gasteiger partial charge in [-0.25, -0.2) is 0 Å². The third-order valence-corrected chi connectivity index (χ3v) is 6.92. The summed E-state index contributed by atoms with van der Waals surface area (Å²) in [5.74, 6) is 0. The first-order valence-electron chi connectivity index (χ1n) is 13.0. The highest BCUT2D eigenvalue weighted by Gasteiger charge is 2.14. The fourth-order valence-corrected chi connectivity index (χ4v) is 4.68. The van der Waals surface area contributed by atoms with E-state index in [2.05, 4.69) is 123 Å². The summed E-state index contributed by atoms with van der Waals surface area (Å²) in [5, 5.41) is 0. The lowest BCUT2D eigenvalue weighted by atomic mass is 9.94. The molecule has 0 bridgehead atoms. The van der Waals surface area contributed by atoms with Crippen molar-refractivity contribution in [3.8, 4) is 22.3 Å². The third-order valence-electron chi connectivity index (χ3n) is 6.92. The first-order chi connectivity index (χ1) is 18.6. The van der Waals surface area contributed by atoms with Crippen LogP contribution in [0, 0.1) is 0 Å². The summed E-state index contributed by atoms with van der Waals surface area (Å²) in [7, 11) is 0. The van der Waals surface area contributed by atoms with E-state index in [1.165, 1.54) is 16.7 Å². The molecule has 0 fully saturated rings. The van der Waals surface area contributed by atoms with Gasteiger partial charge in [-0.3, -0.25) is 4.99 Å². The number of nitrogen functional groups attached to an aromatic ring is 1. The molecule has 0 saturated heterocycles. The van der Waals surface area contributed by atoms with Crippen molar-refractivity contribution in [1.82, 2.24) is 0 Å². The molecule has 38 heavy (non-hydrogen) atoms. The van der Waals surface area contributed by atoms with Crippen molar-refractivity contribution in [2.45, 2.75) is 19.4 Å². The minimum Gasteiger partial charge on any atom is -0.399 e. The highest BCUT2D eigenvalue weighted by molar-refractivity contribution is 5.99. The zero-order valence-electron chi connectivity index (χ0n) is 21.7. The van der Waals surface area contributed by atoms with Gasteiger partial charge in [0, 0.05) is 11.4 Å². The number of rotatable bonds is 8. The lowest BCUT2D eigenvalue weighted by molar-refractivity contribution is 0.754. The second-order valence-electron chi connectivity index (χ2n) is 9.59. The van der Waals surface area contributed by atoms with Gasteiger partial charge in [-0.05, 0) is 70.0 Å². The number of aliphatic imine (C=N–C) groups is 1. The van der Waals surface area contributed by atoms with Crippen LogP contribution in [-0.2, 0) is 0 Å². The first kappa shape index (κ1) is 25.0. The molecule has 1 unspecified atom stereocenters. The Morgan fingerprint density at radius 2 is 1.05 bits per heavy atom. The van der Waals surface area contributed by atoms with E-state index in [9.17, 15) is 0 Å². The maximum atomic E-state index is 5.84. The van der Waals surface area contributed by atoms with Crippen molar-refractivity contribution in [2.24, 2.45) is 4.99 Å². The molecule has 0 aromatic heterocycles. The zero-order chi connectivity index (χ0) is 26.3. The van der Waals surface area contributed by atoms with Crippen LogP contribution in [0.3, 0.4) is 0 Å². The minimum absolute atomic E-state index is 0.0192. The van der Waals surface area contributed by atoms with Gasteiger partial charge in [0.1, 0.15) is 0 Å².